The maximum absolute atomic E-state index is 12.4. The molecule has 0 saturated heterocycles. The first-order chi connectivity index (χ1) is 12.1. The van der Waals surface area contributed by atoms with Crippen LogP contribution < -0.4 is 10.1 Å². The molecule has 0 aliphatic carbocycles. The molecule has 0 bridgehead atoms. The van der Waals surface area contributed by atoms with E-state index in [1.807, 2.05) is 74.5 Å². The number of carbonyl (C=O) groups excluding carboxylic acids is 1. The minimum atomic E-state index is -0.390. The molecule has 4 heteroatoms. The number of nitriles is 1. The highest BCUT2D eigenvalue weighted by Crippen LogP contribution is 2.17. The Kier molecular flexibility index (Phi) is 6.79. The van der Waals surface area contributed by atoms with E-state index in [1.165, 1.54) is 0 Å². The second-order valence-corrected chi connectivity index (χ2v) is 5.70. The molecule has 2 aromatic rings. The highest BCUT2D eigenvalue weighted by molar-refractivity contribution is 6.01. The summed E-state index contributed by atoms with van der Waals surface area (Å²) in [6.45, 7) is 4.56. The summed E-state index contributed by atoms with van der Waals surface area (Å²) in [7, 11) is 0. The van der Waals surface area contributed by atoms with E-state index in [0.29, 0.717) is 6.61 Å². The van der Waals surface area contributed by atoms with Crippen LogP contribution >= 0.6 is 0 Å². The molecule has 128 valence electrons. The summed E-state index contributed by atoms with van der Waals surface area (Å²) in [6.07, 6.45) is 2.50. The molecule has 25 heavy (non-hydrogen) atoms. The maximum Gasteiger partial charge on any atom is 0.262 e. The van der Waals surface area contributed by atoms with Gasteiger partial charge in [0, 0.05) is 0 Å². The quantitative estimate of drug-likeness (QED) is 0.608. The monoisotopic (exact) mass is 334 g/mol. The van der Waals surface area contributed by atoms with Crippen molar-refractivity contribution in [1.29, 1.82) is 5.26 Å². The highest BCUT2D eigenvalue weighted by atomic mass is 16.5. The van der Waals surface area contributed by atoms with E-state index in [1.54, 1.807) is 6.08 Å². The van der Waals surface area contributed by atoms with Crippen molar-refractivity contribution < 1.29 is 9.53 Å². The number of hydrogen-bond donors (Lipinski definition) is 1. The summed E-state index contributed by atoms with van der Waals surface area (Å²) in [5.74, 6) is 0.338. The first kappa shape index (κ1) is 18.3. The fourth-order valence-electron chi connectivity index (χ4n) is 2.33. The molecule has 0 spiro atoms. The molecule has 2 rings (SSSR count). The number of ether oxygens (including phenoxy) is 1. The average Bonchev–Trinajstić information content (AvgIpc) is 2.65. The molecule has 1 N–H and O–H groups in total. The molecule has 0 fully saturated rings. The summed E-state index contributed by atoms with van der Waals surface area (Å²) in [5, 5.41) is 12.2. The van der Waals surface area contributed by atoms with Gasteiger partial charge in [0.2, 0.25) is 0 Å². The minimum absolute atomic E-state index is 0.0652. The topological polar surface area (TPSA) is 62.1 Å². The van der Waals surface area contributed by atoms with Crippen LogP contribution in [0.3, 0.4) is 0 Å². The van der Waals surface area contributed by atoms with Crippen LogP contribution in [-0.2, 0) is 4.79 Å². The predicted octanol–water partition coefficient (Wildman–Crippen LogP) is 4.26. The smallest absolute Gasteiger partial charge is 0.262 e. The predicted molar refractivity (Wildman–Crippen MR) is 98.8 cm³/mol. The van der Waals surface area contributed by atoms with E-state index in [2.05, 4.69) is 5.32 Å². The summed E-state index contributed by atoms with van der Waals surface area (Å²) < 4.78 is 5.58. The van der Waals surface area contributed by atoms with E-state index < -0.39 is 5.91 Å². The number of carbonyl (C=O) groups is 1. The van der Waals surface area contributed by atoms with Gasteiger partial charge in [0.05, 0.1) is 12.6 Å². The highest BCUT2D eigenvalue weighted by Gasteiger charge is 2.13. The van der Waals surface area contributed by atoms with Gasteiger partial charge in [0.15, 0.2) is 0 Å². The van der Waals surface area contributed by atoms with Crippen molar-refractivity contribution in [3.05, 3.63) is 71.3 Å². The molecule has 0 aromatic heterocycles. The van der Waals surface area contributed by atoms with Gasteiger partial charge >= 0.3 is 0 Å². The number of rotatable bonds is 7. The molecule has 0 heterocycles. The molecular weight excluding hydrogens is 312 g/mol. The zero-order valence-corrected chi connectivity index (χ0v) is 14.5. The number of benzene rings is 2. The summed E-state index contributed by atoms with van der Waals surface area (Å²) in [5.41, 5.74) is 1.81. The zero-order chi connectivity index (χ0) is 18.1. The molecule has 1 amide bonds. The Balaban J connectivity index is 2.11. The zero-order valence-electron chi connectivity index (χ0n) is 14.5. The van der Waals surface area contributed by atoms with Crippen molar-refractivity contribution in [2.24, 2.45) is 0 Å². The second-order valence-electron chi connectivity index (χ2n) is 5.70. The third-order valence-corrected chi connectivity index (χ3v) is 3.65. The van der Waals surface area contributed by atoms with E-state index in [0.717, 1.165) is 23.3 Å². The van der Waals surface area contributed by atoms with Crippen LogP contribution in [0.15, 0.2) is 60.2 Å². The number of nitrogens with zero attached hydrogens (tertiary/aromatic N) is 1. The fraction of sp³-hybridized carbons (Fsp3) is 0.238. The SMILES string of the molecule is CCCOc1cccc(/C=C(\C#N)C(=O)N[C@H](C)c2ccccc2)c1. The lowest BCUT2D eigenvalue weighted by Crippen LogP contribution is -2.27. The first-order valence-corrected chi connectivity index (χ1v) is 8.34. The van der Waals surface area contributed by atoms with Gasteiger partial charge in [0.1, 0.15) is 17.4 Å². The van der Waals surface area contributed by atoms with E-state index in [9.17, 15) is 10.1 Å². The Bertz CT molecular complexity index is 776. The molecule has 0 aliphatic heterocycles. The van der Waals surface area contributed by atoms with Gasteiger partial charge < -0.3 is 10.1 Å². The van der Waals surface area contributed by atoms with Crippen LogP contribution in [0.1, 0.15) is 37.4 Å². The van der Waals surface area contributed by atoms with Gasteiger partial charge in [-0.15, -0.1) is 0 Å². The summed E-state index contributed by atoms with van der Waals surface area (Å²) in [6, 6.07) is 18.8. The lowest BCUT2D eigenvalue weighted by Gasteiger charge is -2.13. The molecule has 4 nitrogen and oxygen atoms in total. The Hall–Kier alpha value is -3.06. The van der Waals surface area contributed by atoms with Crippen LogP contribution in [0.25, 0.3) is 6.08 Å². The number of amides is 1. The van der Waals surface area contributed by atoms with E-state index in [-0.39, 0.29) is 11.6 Å². The Morgan fingerprint density at radius 3 is 2.68 bits per heavy atom. The van der Waals surface area contributed by atoms with Gasteiger partial charge in [-0.3, -0.25) is 4.79 Å². The van der Waals surface area contributed by atoms with Crippen molar-refractivity contribution in [2.75, 3.05) is 6.61 Å². The number of nitrogens with one attached hydrogen (secondary N) is 1. The Labute approximate surface area is 148 Å². The van der Waals surface area contributed by atoms with Gasteiger partial charge in [0.25, 0.3) is 5.91 Å². The molecule has 0 unspecified atom stereocenters. The van der Waals surface area contributed by atoms with Crippen LogP contribution in [-0.4, -0.2) is 12.5 Å². The first-order valence-electron chi connectivity index (χ1n) is 8.34. The van der Waals surface area contributed by atoms with Crippen molar-refractivity contribution in [2.45, 2.75) is 26.3 Å². The second kappa shape index (κ2) is 9.29. The molecule has 1 atom stereocenters. The number of hydrogen-bond acceptors (Lipinski definition) is 3. The molecule has 0 aliphatic rings. The Morgan fingerprint density at radius 1 is 1.24 bits per heavy atom. The van der Waals surface area contributed by atoms with Crippen molar-refractivity contribution in [3.8, 4) is 11.8 Å². The van der Waals surface area contributed by atoms with Gasteiger partial charge in [-0.05, 0) is 42.7 Å². The third-order valence-electron chi connectivity index (χ3n) is 3.65. The largest absolute Gasteiger partial charge is 0.494 e. The Morgan fingerprint density at radius 2 is 2.00 bits per heavy atom. The molecular formula is C21H22N2O2. The minimum Gasteiger partial charge on any atom is -0.494 e. The normalized spacial score (nSPS) is 12.1. The van der Waals surface area contributed by atoms with Crippen LogP contribution in [0.4, 0.5) is 0 Å². The van der Waals surface area contributed by atoms with E-state index in [4.69, 9.17) is 4.74 Å². The lowest BCUT2D eigenvalue weighted by molar-refractivity contribution is -0.117. The third kappa shape index (κ3) is 5.50. The van der Waals surface area contributed by atoms with Crippen LogP contribution in [0.5, 0.6) is 5.75 Å². The maximum atomic E-state index is 12.4. The molecule has 0 saturated carbocycles. The van der Waals surface area contributed by atoms with Gasteiger partial charge in [-0.25, -0.2) is 0 Å². The van der Waals surface area contributed by atoms with Crippen LogP contribution in [0, 0.1) is 11.3 Å². The van der Waals surface area contributed by atoms with Crippen LogP contribution in [0.2, 0.25) is 0 Å². The molecule has 2 aromatic carbocycles. The molecule has 0 radical (unpaired) electrons. The van der Waals surface area contributed by atoms with Gasteiger partial charge in [-0.1, -0.05) is 49.4 Å². The standard InChI is InChI=1S/C21H22N2O2/c1-3-12-25-20-11-7-8-17(14-20)13-19(15-22)21(24)23-16(2)18-9-5-4-6-10-18/h4-11,13-14,16H,3,12H2,1-2H3,(H,23,24)/b19-13+/t16-/m1/s1. The average molecular weight is 334 g/mol. The van der Waals surface area contributed by atoms with Crippen molar-refractivity contribution in [3.63, 3.8) is 0 Å². The van der Waals surface area contributed by atoms with Crippen molar-refractivity contribution in [1.82, 2.24) is 5.32 Å². The summed E-state index contributed by atoms with van der Waals surface area (Å²) >= 11 is 0. The van der Waals surface area contributed by atoms with Gasteiger partial charge in [-0.2, -0.15) is 5.26 Å². The van der Waals surface area contributed by atoms with Crippen molar-refractivity contribution >= 4 is 12.0 Å². The fourth-order valence-corrected chi connectivity index (χ4v) is 2.33. The lowest BCUT2D eigenvalue weighted by atomic mass is 10.1. The van der Waals surface area contributed by atoms with E-state index >= 15 is 0 Å². The summed E-state index contributed by atoms with van der Waals surface area (Å²) in [4.78, 5) is 12.4.